The van der Waals surface area contributed by atoms with Gasteiger partial charge in [-0.2, -0.15) is 0 Å². The normalized spacial score (nSPS) is 17.2. The van der Waals surface area contributed by atoms with Crippen molar-refractivity contribution in [2.45, 2.75) is 39.1 Å². The number of rotatable bonds is 6. The molecule has 0 fully saturated rings. The average Bonchev–Trinajstić information content (AvgIpc) is 4.11. The van der Waals surface area contributed by atoms with E-state index in [9.17, 15) is 0 Å². The first-order valence-electron chi connectivity index (χ1n) is 22.2. The van der Waals surface area contributed by atoms with Gasteiger partial charge < -0.3 is 9.47 Å². The molecule has 1 aliphatic rings. The van der Waals surface area contributed by atoms with Gasteiger partial charge in [0, 0.05) is 17.4 Å². The molecule has 1 aliphatic carbocycles. The van der Waals surface area contributed by atoms with Gasteiger partial charge in [0.25, 0.3) is 0 Å². The summed E-state index contributed by atoms with van der Waals surface area (Å²) in [7, 11) is -2.13. The summed E-state index contributed by atoms with van der Waals surface area (Å²) in [5.41, 5.74) is 4.84. The Bertz CT molecular complexity index is 4690. The first-order chi connectivity index (χ1) is 30.3. The second-order valence-corrected chi connectivity index (χ2v) is 24.7. The number of aryl methyl sites for hydroxylation is 2. The van der Waals surface area contributed by atoms with Crippen LogP contribution in [0.1, 0.15) is 44.8 Å². The van der Waals surface area contributed by atoms with E-state index >= 15 is 4.79 Å². The summed E-state index contributed by atoms with van der Waals surface area (Å²) >= 11 is 0. The molecular weight excluding hydrogens is 773 g/mol. The first kappa shape index (κ1) is 31.1. The highest BCUT2D eigenvalue weighted by molar-refractivity contribution is 6.89. The van der Waals surface area contributed by atoms with Gasteiger partial charge >= 0.3 is 5.97 Å². The highest BCUT2D eigenvalue weighted by Gasteiger charge is 2.47. The number of benzene rings is 11. The molecule has 0 bridgehead atoms. The van der Waals surface area contributed by atoms with E-state index in [1.54, 1.807) is 0 Å². The smallest absolute Gasteiger partial charge is 0.339 e. The van der Waals surface area contributed by atoms with Crippen molar-refractivity contribution in [1.29, 1.82) is 0 Å². The van der Waals surface area contributed by atoms with Crippen molar-refractivity contribution in [1.82, 2.24) is 0 Å². The van der Waals surface area contributed by atoms with Crippen LogP contribution in [0.3, 0.4) is 0 Å². The maximum absolute atomic E-state index is 15.0. The molecule has 286 valence electrons. The molecule has 18 rings (SSSR count). The Morgan fingerprint density at radius 2 is 0.774 bits per heavy atom. The summed E-state index contributed by atoms with van der Waals surface area (Å²) in [5, 5.41) is 40.3. The van der Waals surface area contributed by atoms with Crippen LogP contribution in [-0.4, -0.2) is 20.3 Å². The fourth-order valence-electron chi connectivity index (χ4n) is 14.9. The summed E-state index contributed by atoms with van der Waals surface area (Å²) < 4.78 is 14.8. The average molecular weight is 805 g/mol. The van der Waals surface area contributed by atoms with E-state index in [2.05, 4.69) is 92.0 Å². The fourth-order valence-corrected chi connectivity index (χ4v) is 16.7. The van der Waals surface area contributed by atoms with Gasteiger partial charge in [0.2, 0.25) is 0 Å². The predicted octanol–water partition coefficient (Wildman–Crippen LogP) is 14.8. The molecule has 62 heavy (non-hydrogen) atoms. The Balaban J connectivity index is 1.09. The van der Waals surface area contributed by atoms with Gasteiger partial charge in [0.1, 0.15) is 14.2 Å². The van der Waals surface area contributed by atoms with Crippen molar-refractivity contribution in [3.05, 3.63) is 125 Å². The number of ether oxygens (including phenoxy) is 2. The summed E-state index contributed by atoms with van der Waals surface area (Å²) in [5.74, 6) is -0.280. The molecule has 0 saturated carbocycles. The summed E-state index contributed by atoms with van der Waals surface area (Å²) in [6.45, 7) is 8.87. The van der Waals surface area contributed by atoms with Crippen molar-refractivity contribution in [3.8, 4) is 0 Å². The highest BCUT2D eigenvalue weighted by atomic mass is 28.3. The lowest BCUT2D eigenvalue weighted by Crippen LogP contribution is -2.47. The SMILES string of the molecule is Cc1cccc(C)c1C(=O)OC1c2c3ccc4c5ccc6c7ccc8c9ccc%10c(c%11c2c2c3c4c3c5c6c4c7c8c5c9c%10c%11c6c2c3c4c56)C1OC[Si](C)(C)c1ccccc1. The van der Waals surface area contributed by atoms with Crippen LogP contribution in [0.25, 0.3) is 151 Å². The van der Waals surface area contributed by atoms with Gasteiger partial charge in [0.05, 0.1) is 5.56 Å². The molecule has 0 N–H and O–H groups in total. The molecule has 2 unspecified atom stereocenters. The van der Waals surface area contributed by atoms with E-state index in [0.717, 1.165) is 16.7 Å². The Morgan fingerprint density at radius 3 is 1.21 bits per heavy atom. The molecule has 0 aliphatic heterocycles. The second kappa shape index (κ2) is 9.17. The Labute approximate surface area is 353 Å². The van der Waals surface area contributed by atoms with E-state index < -0.39 is 20.3 Å². The highest BCUT2D eigenvalue weighted by Crippen LogP contribution is 2.70. The van der Waals surface area contributed by atoms with E-state index in [1.807, 2.05) is 32.0 Å². The number of carbonyl (C=O) groups is 1. The zero-order chi connectivity index (χ0) is 40.3. The molecule has 0 heterocycles. The van der Waals surface area contributed by atoms with Gasteiger partial charge in [0.15, 0.2) is 6.10 Å². The van der Waals surface area contributed by atoms with Crippen LogP contribution >= 0.6 is 0 Å². The number of hydrogen-bond donors (Lipinski definition) is 0. The molecule has 0 saturated heterocycles. The zero-order valence-corrected chi connectivity index (χ0v) is 35.3. The predicted molar refractivity (Wildman–Crippen MR) is 262 cm³/mol. The molecule has 0 radical (unpaired) electrons. The molecule has 3 nitrogen and oxygen atoms in total. The van der Waals surface area contributed by atoms with Crippen LogP contribution in [0.4, 0.5) is 0 Å². The number of esters is 1. The summed E-state index contributed by atoms with van der Waals surface area (Å²) in [6.07, 6.45) is -0.580. The van der Waals surface area contributed by atoms with Gasteiger partial charge in [-0.1, -0.05) is 115 Å². The first-order valence-corrected chi connectivity index (χ1v) is 25.4. The molecule has 2 atom stereocenters. The molecule has 0 spiro atoms. The van der Waals surface area contributed by atoms with Crippen LogP contribution in [0.15, 0.2) is 97.1 Å². The minimum Gasteiger partial charge on any atom is -0.451 e. The zero-order valence-electron chi connectivity index (χ0n) is 34.3. The largest absolute Gasteiger partial charge is 0.451 e. The topological polar surface area (TPSA) is 35.5 Å². The number of hydrogen-bond acceptors (Lipinski definition) is 3. The van der Waals surface area contributed by atoms with Crippen molar-refractivity contribution in [2.75, 3.05) is 6.23 Å². The van der Waals surface area contributed by atoms with E-state index in [1.165, 1.54) is 162 Å². The van der Waals surface area contributed by atoms with Gasteiger partial charge in [-0.3, -0.25) is 0 Å². The van der Waals surface area contributed by atoms with Crippen molar-refractivity contribution in [3.63, 3.8) is 0 Å². The van der Waals surface area contributed by atoms with E-state index in [-0.39, 0.29) is 5.97 Å². The van der Waals surface area contributed by atoms with Crippen LogP contribution < -0.4 is 5.19 Å². The van der Waals surface area contributed by atoms with Gasteiger partial charge in [-0.15, -0.1) is 0 Å². The van der Waals surface area contributed by atoms with Gasteiger partial charge in [-0.05, 0) is 176 Å². The second-order valence-electron chi connectivity index (χ2n) is 20.0. The lowest BCUT2D eigenvalue weighted by molar-refractivity contribution is -0.0441. The van der Waals surface area contributed by atoms with Gasteiger partial charge in [-0.25, -0.2) is 4.79 Å². The molecule has 0 amide bonds. The third-order valence-corrected chi connectivity index (χ3v) is 19.8. The number of carbonyl (C=O) groups excluding carboxylic acids is 1. The van der Waals surface area contributed by atoms with E-state index in [0.29, 0.717) is 11.8 Å². The summed E-state index contributed by atoms with van der Waals surface area (Å²) in [6, 6.07) is 36.3. The minimum atomic E-state index is -2.13. The van der Waals surface area contributed by atoms with Crippen LogP contribution in [0.5, 0.6) is 0 Å². The minimum absolute atomic E-state index is 0.280. The van der Waals surface area contributed by atoms with Crippen molar-refractivity contribution in [2.24, 2.45) is 0 Å². The third kappa shape index (κ3) is 2.80. The molecular formula is C58H32O3Si. The molecule has 17 aromatic carbocycles. The quantitative estimate of drug-likeness (QED) is 0.0954. The Kier molecular flexibility index (Phi) is 4.59. The monoisotopic (exact) mass is 804 g/mol. The number of fused-ring (bicyclic) bond motifs is 5. The maximum atomic E-state index is 15.0. The van der Waals surface area contributed by atoms with Crippen LogP contribution in [0, 0.1) is 13.8 Å². The summed E-state index contributed by atoms with van der Waals surface area (Å²) in [4.78, 5) is 15.0. The van der Waals surface area contributed by atoms with Crippen molar-refractivity contribution < 1.29 is 14.3 Å². The van der Waals surface area contributed by atoms with Crippen LogP contribution in [-0.2, 0) is 9.47 Å². The Morgan fingerprint density at radius 1 is 0.419 bits per heavy atom. The van der Waals surface area contributed by atoms with Crippen molar-refractivity contribution >= 4 is 170 Å². The molecule has 4 heteroatoms. The Hall–Kier alpha value is -6.85. The fraction of sp³-hybridized carbons (Fsp3) is 0.121. The standard InChI is InChI=1S/C58H32O3Si/c1-22-9-8-10-23(2)33(22)58(59)61-57-43-32-20-18-30-28-16-14-26-25-13-15-27-29-17-19-31-40-38(29)45-36(27)34(25)44-35(26)37(28)46-39(30)41(32)48-50(43)49(47(40)54-52(45)51(44)53(46)55(48)54)42(31)56(57)60-21-62(3,4)24-11-6-5-7-12-24/h5-20,56-57H,21H2,1-4H3. The molecule has 17 aromatic rings. The lowest BCUT2D eigenvalue weighted by atomic mass is 9.85. The van der Waals surface area contributed by atoms with E-state index in [4.69, 9.17) is 9.47 Å². The maximum Gasteiger partial charge on any atom is 0.339 e. The third-order valence-electron chi connectivity index (χ3n) is 17.0. The lowest BCUT2D eigenvalue weighted by Gasteiger charge is -2.34. The van der Waals surface area contributed by atoms with Crippen LogP contribution in [0.2, 0.25) is 13.1 Å². The molecule has 0 aromatic heterocycles.